The maximum atomic E-state index is 12.1. The van der Waals surface area contributed by atoms with Gasteiger partial charge < -0.3 is 15.4 Å². The molecule has 0 bridgehead atoms. The summed E-state index contributed by atoms with van der Waals surface area (Å²) in [5, 5.41) is 6.57. The predicted molar refractivity (Wildman–Crippen MR) is 75.1 cm³/mol. The van der Waals surface area contributed by atoms with Gasteiger partial charge in [0.15, 0.2) is 0 Å². The van der Waals surface area contributed by atoms with Gasteiger partial charge in [-0.25, -0.2) is 0 Å². The molecule has 0 aliphatic carbocycles. The van der Waals surface area contributed by atoms with Gasteiger partial charge in [0.2, 0.25) is 5.91 Å². The zero-order valence-electron chi connectivity index (χ0n) is 12.2. The van der Waals surface area contributed by atoms with E-state index in [2.05, 4.69) is 15.5 Å². The van der Waals surface area contributed by atoms with Crippen molar-refractivity contribution in [2.75, 3.05) is 39.9 Å². The van der Waals surface area contributed by atoms with E-state index in [0.717, 1.165) is 32.0 Å². The fourth-order valence-electron chi connectivity index (χ4n) is 3.14. The van der Waals surface area contributed by atoms with Crippen LogP contribution in [0.1, 0.15) is 26.2 Å². The van der Waals surface area contributed by atoms with Crippen molar-refractivity contribution in [1.29, 1.82) is 0 Å². The van der Waals surface area contributed by atoms with Crippen LogP contribution >= 0.6 is 0 Å². The number of carbonyl (C=O) groups excluding carboxylic acids is 1. The molecule has 0 spiro atoms. The minimum absolute atomic E-state index is 0.0186. The van der Waals surface area contributed by atoms with Crippen molar-refractivity contribution in [1.82, 2.24) is 15.5 Å². The van der Waals surface area contributed by atoms with Crippen molar-refractivity contribution in [2.24, 2.45) is 5.92 Å². The molecule has 2 fully saturated rings. The number of carbonyl (C=O) groups is 1. The molecule has 2 aliphatic heterocycles. The number of ether oxygens (including phenoxy) is 1. The molecule has 19 heavy (non-hydrogen) atoms. The Kier molecular flexibility index (Phi) is 5.60. The molecular weight excluding hydrogens is 242 g/mol. The zero-order valence-corrected chi connectivity index (χ0v) is 12.2. The Bertz CT molecular complexity index is 284. The highest BCUT2D eigenvalue weighted by Crippen LogP contribution is 2.26. The molecule has 0 aromatic heterocycles. The maximum absolute atomic E-state index is 12.1. The van der Waals surface area contributed by atoms with Gasteiger partial charge in [-0.2, -0.15) is 0 Å². The molecule has 5 nitrogen and oxygen atoms in total. The molecule has 3 atom stereocenters. The fourth-order valence-corrected chi connectivity index (χ4v) is 3.14. The lowest BCUT2D eigenvalue weighted by molar-refractivity contribution is -0.125. The number of amides is 1. The third-order valence-electron chi connectivity index (χ3n) is 4.38. The average molecular weight is 269 g/mol. The molecule has 2 saturated heterocycles. The van der Waals surface area contributed by atoms with E-state index in [0.29, 0.717) is 19.2 Å². The number of hydrogen-bond acceptors (Lipinski definition) is 4. The molecule has 2 aliphatic rings. The van der Waals surface area contributed by atoms with Crippen molar-refractivity contribution in [2.45, 2.75) is 38.3 Å². The van der Waals surface area contributed by atoms with Crippen LogP contribution < -0.4 is 10.6 Å². The Morgan fingerprint density at radius 1 is 1.53 bits per heavy atom. The molecule has 2 rings (SSSR count). The number of hydrogen-bond donors (Lipinski definition) is 2. The zero-order chi connectivity index (χ0) is 13.7. The summed E-state index contributed by atoms with van der Waals surface area (Å²) in [6.07, 6.45) is 3.45. The molecule has 5 heteroatoms. The molecule has 0 radical (unpaired) electrons. The Morgan fingerprint density at radius 2 is 2.37 bits per heavy atom. The van der Waals surface area contributed by atoms with Crippen LogP contribution in [0.25, 0.3) is 0 Å². The van der Waals surface area contributed by atoms with Crippen LogP contribution in [0.2, 0.25) is 0 Å². The second kappa shape index (κ2) is 7.22. The van der Waals surface area contributed by atoms with E-state index in [4.69, 9.17) is 4.74 Å². The second-order valence-electron chi connectivity index (χ2n) is 5.73. The van der Waals surface area contributed by atoms with E-state index >= 15 is 0 Å². The Hall–Kier alpha value is -0.650. The van der Waals surface area contributed by atoms with E-state index in [1.165, 1.54) is 12.8 Å². The van der Waals surface area contributed by atoms with Crippen LogP contribution in [-0.4, -0.2) is 62.8 Å². The SMILES string of the molecule is COCCCNC(=O)C(C)N1CC2CCCNC2C1. The summed E-state index contributed by atoms with van der Waals surface area (Å²) in [6, 6.07) is 0.576. The van der Waals surface area contributed by atoms with E-state index in [9.17, 15) is 4.79 Å². The van der Waals surface area contributed by atoms with Crippen molar-refractivity contribution >= 4 is 5.91 Å². The number of fused-ring (bicyclic) bond motifs is 1. The summed E-state index contributed by atoms with van der Waals surface area (Å²) >= 11 is 0. The van der Waals surface area contributed by atoms with Gasteiger partial charge in [-0.05, 0) is 38.6 Å². The first-order valence-electron chi connectivity index (χ1n) is 7.46. The third kappa shape index (κ3) is 3.91. The molecule has 0 saturated carbocycles. The summed E-state index contributed by atoms with van der Waals surface area (Å²) in [4.78, 5) is 14.4. The molecule has 0 aromatic rings. The quantitative estimate of drug-likeness (QED) is 0.677. The summed E-state index contributed by atoms with van der Waals surface area (Å²) in [5.74, 6) is 0.882. The molecule has 3 unspecified atom stereocenters. The van der Waals surface area contributed by atoms with Crippen molar-refractivity contribution in [3.8, 4) is 0 Å². The van der Waals surface area contributed by atoms with Gasteiger partial charge in [0, 0.05) is 39.4 Å². The fraction of sp³-hybridized carbons (Fsp3) is 0.929. The van der Waals surface area contributed by atoms with E-state index < -0.39 is 0 Å². The predicted octanol–water partition coefficient (Wildman–Crippen LogP) is 0.211. The van der Waals surface area contributed by atoms with E-state index in [1.54, 1.807) is 7.11 Å². The summed E-state index contributed by atoms with van der Waals surface area (Å²) in [5.41, 5.74) is 0. The van der Waals surface area contributed by atoms with Gasteiger partial charge in [0.05, 0.1) is 6.04 Å². The Morgan fingerprint density at radius 3 is 3.11 bits per heavy atom. The lowest BCUT2D eigenvalue weighted by Crippen LogP contribution is -2.45. The van der Waals surface area contributed by atoms with Crippen LogP contribution in [0, 0.1) is 5.92 Å². The highest BCUT2D eigenvalue weighted by Gasteiger charge is 2.37. The summed E-state index contributed by atoms with van der Waals surface area (Å²) < 4.78 is 4.98. The van der Waals surface area contributed by atoms with Gasteiger partial charge in [-0.1, -0.05) is 0 Å². The molecule has 2 N–H and O–H groups in total. The first-order chi connectivity index (χ1) is 9.22. The van der Waals surface area contributed by atoms with Crippen molar-refractivity contribution in [3.63, 3.8) is 0 Å². The van der Waals surface area contributed by atoms with Gasteiger partial charge in [-0.3, -0.25) is 9.69 Å². The number of rotatable bonds is 6. The number of likely N-dealkylation sites (tertiary alicyclic amines) is 1. The number of piperidine rings is 1. The van der Waals surface area contributed by atoms with E-state index in [1.807, 2.05) is 6.92 Å². The third-order valence-corrected chi connectivity index (χ3v) is 4.38. The minimum Gasteiger partial charge on any atom is -0.385 e. The second-order valence-corrected chi connectivity index (χ2v) is 5.73. The van der Waals surface area contributed by atoms with Crippen LogP contribution in [-0.2, 0) is 9.53 Å². The summed E-state index contributed by atoms with van der Waals surface area (Å²) in [7, 11) is 1.68. The maximum Gasteiger partial charge on any atom is 0.237 e. The highest BCUT2D eigenvalue weighted by molar-refractivity contribution is 5.81. The molecule has 1 amide bonds. The molecule has 2 heterocycles. The molecular formula is C14H27N3O2. The average Bonchev–Trinajstić information content (AvgIpc) is 2.86. The first kappa shape index (κ1) is 14.8. The highest BCUT2D eigenvalue weighted by atomic mass is 16.5. The Labute approximate surface area is 116 Å². The molecule has 0 aromatic carbocycles. The van der Waals surface area contributed by atoms with Crippen LogP contribution in [0.5, 0.6) is 0 Å². The first-order valence-corrected chi connectivity index (χ1v) is 7.46. The monoisotopic (exact) mass is 269 g/mol. The normalized spacial score (nSPS) is 28.9. The van der Waals surface area contributed by atoms with Crippen LogP contribution in [0.3, 0.4) is 0 Å². The van der Waals surface area contributed by atoms with Crippen LogP contribution in [0.15, 0.2) is 0 Å². The van der Waals surface area contributed by atoms with E-state index in [-0.39, 0.29) is 11.9 Å². The van der Waals surface area contributed by atoms with Gasteiger partial charge in [0.25, 0.3) is 0 Å². The lowest BCUT2D eigenvalue weighted by Gasteiger charge is -2.25. The van der Waals surface area contributed by atoms with Gasteiger partial charge in [-0.15, -0.1) is 0 Å². The smallest absolute Gasteiger partial charge is 0.237 e. The minimum atomic E-state index is -0.0186. The van der Waals surface area contributed by atoms with Crippen LogP contribution in [0.4, 0.5) is 0 Å². The summed E-state index contributed by atoms with van der Waals surface area (Å²) in [6.45, 7) is 6.62. The van der Waals surface area contributed by atoms with Gasteiger partial charge >= 0.3 is 0 Å². The number of nitrogens with zero attached hydrogens (tertiary/aromatic N) is 1. The Balaban J connectivity index is 1.73. The van der Waals surface area contributed by atoms with Gasteiger partial charge in [0.1, 0.15) is 0 Å². The number of nitrogens with one attached hydrogen (secondary N) is 2. The standard InChI is InChI=1S/C14H27N3O2/c1-11(14(18)16-7-4-8-19-2)17-9-12-5-3-6-15-13(12)10-17/h11-13,15H,3-10H2,1-2H3,(H,16,18). The lowest BCUT2D eigenvalue weighted by atomic mass is 9.94. The topological polar surface area (TPSA) is 53.6 Å². The molecule has 110 valence electrons. The largest absolute Gasteiger partial charge is 0.385 e. The number of methoxy groups -OCH3 is 1. The van der Waals surface area contributed by atoms with Crippen molar-refractivity contribution < 1.29 is 9.53 Å². The van der Waals surface area contributed by atoms with Crippen molar-refractivity contribution in [3.05, 3.63) is 0 Å².